The van der Waals surface area contributed by atoms with Crippen molar-refractivity contribution >= 4 is 38.9 Å². The minimum absolute atomic E-state index is 0.227. The minimum atomic E-state index is 0.227. The number of nitrogens with one attached hydrogen (secondary N) is 1. The average molecular weight is 360 g/mol. The van der Waals surface area contributed by atoms with Crippen LogP contribution in [0.15, 0.2) is 34.4 Å². The fourth-order valence-corrected chi connectivity index (χ4v) is 3.21. The molecular formula is C14H16BrClN2S. The van der Waals surface area contributed by atoms with E-state index in [0.717, 1.165) is 34.4 Å². The van der Waals surface area contributed by atoms with Crippen molar-refractivity contribution in [3.8, 4) is 0 Å². The van der Waals surface area contributed by atoms with Crippen molar-refractivity contribution in [2.24, 2.45) is 0 Å². The molecule has 0 aliphatic rings. The van der Waals surface area contributed by atoms with Gasteiger partial charge in [-0.05, 0) is 36.7 Å². The fraction of sp³-hybridized carbons (Fsp3) is 0.357. The lowest BCUT2D eigenvalue weighted by Crippen LogP contribution is -2.24. The molecule has 1 aromatic carbocycles. The summed E-state index contributed by atoms with van der Waals surface area (Å²) in [6.07, 6.45) is 3.95. The Balaban J connectivity index is 2.23. The number of hydrogen-bond donors (Lipinski definition) is 1. The third-order valence-corrected chi connectivity index (χ3v) is 4.50. The number of halogens is 2. The van der Waals surface area contributed by atoms with Gasteiger partial charge in [-0.2, -0.15) is 0 Å². The van der Waals surface area contributed by atoms with Gasteiger partial charge in [0.15, 0.2) is 0 Å². The maximum Gasteiger partial charge on any atom is 0.0794 e. The first-order valence-corrected chi connectivity index (χ1v) is 8.31. The smallest absolute Gasteiger partial charge is 0.0794 e. The highest BCUT2D eigenvalue weighted by atomic mass is 79.9. The van der Waals surface area contributed by atoms with Crippen LogP contribution in [-0.4, -0.2) is 11.5 Å². The Morgan fingerprint density at radius 2 is 2.32 bits per heavy atom. The number of hydrogen-bond acceptors (Lipinski definition) is 3. The van der Waals surface area contributed by atoms with E-state index in [1.54, 1.807) is 11.3 Å². The lowest BCUT2D eigenvalue weighted by atomic mass is 10.0. The molecule has 0 saturated carbocycles. The molecule has 5 heteroatoms. The summed E-state index contributed by atoms with van der Waals surface area (Å²) < 4.78 is 1.06. The van der Waals surface area contributed by atoms with E-state index in [2.05, 4.69) is 39.2 Å². The van der Waals surface area contributed by atoms with Gasteiger partial charge in [-0.25, -0.2) is 0 Å². The highest BCUT2D eigenvalue weighted by Crippen LogP contribution is 2.29. The van der Waals surface area contributed by atoms with Crippen LogP contribution in [0.25, 0.3) is 0 Å². The molecule has 2 rings (SSSR count). The lowest BCUT2D eigenvalue weighted by Gasteiger charge is -2.19. The van der Waals surface area contributed by atoms with Gasteiger partial charge in [0.25, 0.3) is 0 Å². The molecule has 0 aliphatic carbocycles. The Morgan fingerprint density at radius 3 is 3.00 bits per heavy atom. The quantitative estimate of drug-likeness (QED) is 0.798. The monoisotopic (exact) mass is 358 g/mol. The first kappa shape index (κ1) is 15.0. The summed E-state index contributed by atoms with van der Waals surface area (Å²) in [4.78, 5) is 5.41. The Hall–Kier alpha value is -0.420. The fourth-order valence-electron chi connectivity index (χ4n) is 1.94. The molecule has 0 saturated heterocycles. The summed E-state index contributed by atoms with van der Waals surface area (Å²) in [5.41, 5.74) is 3.01. The van der Waals surface area contributed by atoms with Crippen molar-refractivity contribution in [1.82, 2.24) is 10.3 Å². The topological polar surface area (TPSA) is 24.9 Å². The van der Waals surface area contributed by atoms with Gasteiger partial charge >= 0.3 is 0 Å². The van der Waals surface area contributed by atoms with Crippen molar-refractivity contribution in [1.29, 1.82) is 0 Å². The van der Waals surface area contributed by atoms with Crippen LogP contribution >= 0.6 is 38.9 Å². The van der Waals surface area contributed by atoms with Crippen molar-refractivity contribution in [3.05, 3.63) is 49.8 Å². The van der Waals surface area contributed by atoms with Gasteiger partial charge < -0.3 is 5.32 Å². The lowest BCUT2D eigenvalue weighted by molar-refractivity contribution is 0.532. The van der Waals surface area contributed by atoms with E-state index in [4.69, 9.17) is 11.6 Å². The standard InChI is InChI=1S/C14H16BrClN2S/c1-2-5-18-14(7-11-8-17-9-19-11)12-6-10(15)3-4-13(12)16/h3-4,6,8-9,14,18H,2,5,7H2,1H3. The van der Waals surface area contributed by atoms with E-state index in [-0.39, 0.29) is 6.04 Å². The van der Waals surface area contributed by atoms with Crippen LogP contribution in [0.4, 0.5) is 0 Å². The van der Waals surface area contributed by atoms with Crippen LogP contribution in [-0.2, 0) is 6.42 Å². The molecule has 0 amide bonds. The molecule has 19 heavy (non-hydrogen) atoms. The SMILES string of the molecule is CCCNC(Cc1cncs1)c1cc(Br)ccc1Cl. The number of thiazole rings is 1. The highest BCUT2D eigenvalue weighted by Gasteiger charge is 2.16. The van der Waals surface area contributed by atoms with E-state index < -0.39 is 0 Å². The zero-order valence-electron chi connectivity index (χ0n) is 10.7. The normalized spacial score (nSPS) is 12.6. The molecule has 102 valence electrons. The number of aromatic nitrogens is 1. The number of nitrogens with zero attached hydrogens (tertiary/aromatic N) is 1. The second-order valence-corrected chi connectivity index (χ2v) is 6.64. The Morgan fingerprint density at radius 1 is 1.47 bits per heavy atom. The van der Waals surface area contributed by atoms with E-state index in [1.807, 2.05) is 23.8 Å². The van der Waals surface area contributed by atoms with Crippen LogP contribution in [0.3, 0.4) is 0 Å². The van der Waals surface area contributed by atoms with E-state index in [9.17, 15) is 0 Å². The van der Waals surface area contributed by atoms with Gasteiger partial charge in [0.1, 0.15) is 0 Å². The molecule has 0 spiro atoms. The van der Waals surface area contributed by atoms with Gasteiger partial charge in [-0.15, -0.1) is 11.3 Å². The maximum atomic E-state index is 6.34. The Labute approximate surface area is 131 Å². The molecular weight excluding hydrogens is 344 g/mol. The Kier molecular flexibility index (Phi) is 5.82. The predicted molar refractivity (Wildman–Crippen MR) is 86.0 cm³/mol. The van der Waals surface area contributed by atoms with Crippen LogP contribution in [0.2, 0.25) is 5.02 Å². The van der Waals surface area contributed by atoms with E-state index >= 15 is 0 Å². The second-order valence-electron chi connectivity index (χ2n) is 4.34. The average Bonchev–Trinajstić information content (AvgIpc) is 2.90. The third-order valence-electron chi connectivity index (χ3n) is 2.86. The molecule has 1 atom stereocenters. The summed E-state index contributed by atoms with van der Waals surface area (Å²) in [7, 11) is 0. The molecule has 1 N–H and O–H groups in total. The van der Waals surface area contributed by atoms with E-state index in [0.29, 0.717) is 0 Å². The van der Waals surface area contributed by atoms with Gasteiger partial charge in [-0.1, -0.05) is 34.5 Å². The first-order valence-electron chi connectivity index (χ1n) is 6.26. The number of benzene rings is 1. The van der Waals surface area contributed by atoms with Crippen molar-refractivity contribution in [3.63, 3.8) is 0 Å². The van der Waals surface area contributed by atoms with Gasteiger partial charge in [-0.3, -0.25) is 4.98 Å². The second kappa shape index (κ2) is 7.39. The molecule has 0 aliphatic heterocycles. The maximum absolute atomic E-state index is 6.34. The largest absolute Gasteiger partial charge is 0.310 e. The first-order chi connectivity index (χ1) is 9.20. The molecule has 1 aromatic heterocycles. The summed E-state index contributed by atoms with van der Waals surface area (Å²) in [5.74, 6) is 0. The van der Waals surface area contributed by atoms with Gasteiger partial charge in [0, 0.05) is 33.0 Å². The van der Waals surface area contributed by atoms with Crippen LogP contribution < -0.4 is 5.32 Å². The van der Waals surface area contributed by atoms with Crippen LogP contribution in [0, 0.1) is 0 Å². The minimum Gasteiger partial charge on any atom is -0.310 e. The van der Waals surface area contributed by atoms with Crippen LogP contribution in [0.5, 0.6) is 0 Å². The number of rotatable bonds is 6. The molecule has 2 nitrogen and oxygen atoms in total. The third kappa shape index (κ3) is 4.28. The molecule has 1 unspecified atom stereocenters. The Bertz CT molecular complexity index is 516. The van der Waals surface area contributed by atoms with Gasteiger partial charge in [0.05, 0.1) is 5.51 Å². The molecule has 0 radical (unpaired) electrons. The van der Waals surface area contributed by atoms with Gasteiger partial charge in [0.2, 0.25) is 0 Å². The summed E-state index contributed by atoms with van der Waals surface area (Å²) >= 11 is 11.5. The zero-order chi connectivity index (χ0) is 13.7. The molecule has 0 bridgehead atoms. The highest BCUT2D eigenvalue weighted by molar-refractivity contribution is 9.10. The summed E-state index contributed by atoms with van der Waals surface area (Å²) in [6.45, 7) is 3.14. The van der Waals surface area contributed by atoms with E-state index in [1.165, 1.54) is 4.88 Å². The van der Waals surface area contributed by atoms with Crippen molar-refractivity contribution < 1.29 is 0 Å². The van der Waals surface area contributed by atoms with Crippen molar-refractivity contribution in [2.45, 2.75) is 25.8 Å². The molecule has 2 aromatic rings. The summed E-state index contributed by atoms with van der Waals surface area (Å²) in [6, 6.07) is 6.23. The van der Waals surface area contributed by atoms with Crippen molar-refractivity contribution in [2.75, 3.05) is 6.54 Å². The molecule has 1 heterocycles. The summed E-state index contributed by atoms with van der Waals surface area (Å²) in [5, 5.41) is 4.37. The predicted octanol–water partition coefficient (Wildman–Crippen LogP) is 4.84. The van der Waals surface area contributed by atoms with Crippen LogP contribution in [0.1, 0.15) is 29.8 Å². The molecule has 0 fully saturated rings. The zero-order valence-corrected chi connectivity index (χ0v) is 13.9.